The van der Waals surface area contributed by atoms with E-state index < -0.39 is 0 Å². The van der Waals surface area contributed by atoms with Gasteiger partial charge >= 0.3 is 0 Å². The lowest BCUT2D eigenvalue weighted by molar-refractivity contribution is -0.116. The third kappa shape index (κ3) is 3.96. The van der Waals surface area contributed by atoms with Crippen LogP contribution in [-0.4, -0.2) is 38.6 Å². The molecule has 7 nitrogen and oxygen atoms in total. The van der Waals surface area contributed by atoms with Crippen molar-refractivity contribution in [3.8, 4) is 11.3 Å². The van der Waals surface area contributed by atoms with Crippen molar-refractivity contribution >= 4 is 29.1 Å². The van der Waals surface area contributed by atoms with Crippen molar-refractivity contribution in [1.29, 1.82) is 0 Å². The Morgan fingerprint density at radius 2 is 1.71 bits per heavy atom. The molecule has 5 rings (SSSR count). The number of rotatable bonds is 6. The molecule has 2 aromatic heterocycles. The average molecular weight is 453 g/mol. The first kappa shape index (κ1) is 21.6. The summed E-state index contributed by atoms with van der Waals surface area (Å²) in [6.45, 7) is 4.17. The molecule has 0 spiro atoms. The molecule has 0 fully saturated rings. The summed E-state index contributed by atoms with van der Waals surface area (Å²) in [6.07, 6.45) is 4.53. The van der Waals surface area contributed by atoms with E-state index >= 15 is 0 Å². The number of hydrogen-bond acceptors (Lipinski definition) is 4. The van der Waals surface area contributed by atoms with E-state index in [1.165, 1.54) is 4.90 Å². The summed E-state index contributed by atoms with van der Waals surface area (Å²) in [7, 11) is 0. The SMILES string of the molecule is Cc1ccn2cc(-c3ccc(C)c(NC(=O)CCCN4C(=O)c5ccccc5C4=O)c3)nc2c1. The maximum Gasteiger partial charge on any atom is 0.261 e. The zero-order chi connectivity index (χ0) is 23.8. The summed E-state index contributed by atoms with van der Waals surface area (Å²) in [5.41, 5.74) is 6.25. The highest BCUT2D eigenvalue weighted by Gasteiger charge is 2.34. The van der Waals surface area contributed by atoms with E-state index in [0.29, 0.717) is 17.5 Å². The van der Waals surface area contributed by atoms with Gasteiger partial charge in [-0.15, -0.1) is 0 Å². The van der Waals surface area contributed by atoms with Crippen LogP contribution in [0.3, 0.4) is 0 Å². The molecule has 0 saturated carbocycles. The predicted octanol–water partition coefficient (Wildman–Crippen LogP) is 4.63. The van der Waals surface area contributed by atoms with E-state index in [9.17, 15) is 14.4 Å². The van der Waals surface area contributed by atoms with Crippen molar-refractivity contribution in [3.05, 3.63) is 89.2 Å². The Hall–Kier alpha value is -4.26. The fraction of sp³-hybridized carbons (Fsp3) is 0.185. The summed E-state index contributed by atoms with van der Waals surface area (Å²) in [6, 6.07) is 16.7. The summed E-state index contributed by atoms with van der Waals surface area (Å²) in [5, 5.41) is 2.97. The highest BCUT2D eigenvalue weighted by molar-refractivity contribution is 6.21. The Labute approximate surface area is 197 Å². The van der Waals surface area contributed by atoms with Gasteiger partial charge in [-0.2, -0.15) is 0 Å². The van der Waals surface area contributed by atoms with Gasteiger partial charge in [0.25, 0.3) is 11.8 Å². The van der Waals surface area contributed by atoms with Gasteiger partial charge in [-0.25, -0.2) is 4.98 Å². The Balaban J connectivity index is 1.23. The van der Waals surface area contributed by atoms with Crippen LogP contribution in [0, 0.1) is 13.8 Å². The predicted molar refractivity (Wildman–Crippen MR) is 130 cm³/mol. The second kappa shape index (κ2) is 8.59. The van der Waals surface area contributed by atoms with Gasteiger partial charge in [0, 0.05) is 36.6 Å². The van der Waals surface area contributed by atoms with Gasteiger partial charge in [-0.3, -0.25) is 19.3 Å². The molecule has 0 atom stereocenters. The molecule has 7 heteroatoms. The third-order valence-corrected chi connectivity index (χ3v) is 6.09. The second-order valence-electron chi connectivity index (χ2n) is 8.58. The minimum Gasteiger partial charge on any atom is -0.326 e. The number of nitrogens with zero attached hydrogens (tertiary/aromatic N) is 3. The number of benzene rings is 2. The summed E-state index contributed by atoms with van der Waals surface area (Å²) < 4.78 is 1.97. The van der Waals surface area contributed by atoms with Gasteiger partial charge in [0.15, 0.2) is 0 Å². The number of aryl methyl sites for hydroxylation is 2. The van der Waals surface area contributed by atoms with Crippen LogP contribution in [-0.2, 0) is 4.79 Å². The first-order valence-corrected chi connectivity index (χ1v) is 11.2. The van der Waals surface area contributed by atoms with Gasteiger partial charge in [-0.1, -0.05) is 24.3 Å². The molecule has 1 aliphatic heterocycles. The topological polar surface area (TPSA) is 83.8 Å². The fourth-order valence-corrected chi connectivity index (χ4v) is 4.19. The summed E-state index contributed by atoms with van der Waals surface area (Å²) in [4.78, 5) is 43.5. The van der Waals surface area contributed by atoms with Crippen LogP contribution < -0.4 is 5.32 Å². The van der Waals surface area contributed by atoms with Crippen LogP contribution in [0.1, 0.15) is 44.7 Å². The van der Waals surface area contributed by atoms with Crippen molar-refractivity contribution in [2.45, 2.75) is 26.7 Å². The zero-order valence-electron chi connectivity index (χ0n) is 19.0. The number of nitrogens with one attached hydrogen (secondary N) is 1. The molecule has 170 valence electrons. The molecule has 1 N–H and O–H groups in total. The Morgan fingerprint density at radius 3 is 2.44 bits per heavy atom. The van der Waals surface area contributed by atoms with Crippen LogP contribution in [0.25, 0.3) is 16.9 Å². The number of hydrogen-bond donors (Lipinski definition) is 1. The Bertz CT molecular complexity index is 1420. The number of imide groups is 1. The number of carbonyl (C=O) groups excluding carboxylic acids is 3. The molecule has 0 aliphatic carbocycles. The summed E-state index contributed by atoms with van der Waals surface area (Å²) in [5.74, 6) is -0.762. The van der Waals surface area contributed by atoms with Gasteiger partial charge in [0.1, 0.15) is 5.65 Å². The summed E-state index contributed by atoms with van der Waals surface area (Å²) >= 11 is 0. The van der Waals surface area contributed by atoms with Gasteiger partial charge < -0.3 is 9.72 Å². The monoisotopic (exact) mass is 452 g/mol. The second-order valence-corrected chi connectivity index (χ2v) is 8.58. The minimum absolute atomic E-state index is 0.164. The number of pyridine rings is 1. The average Bonchev–Trinajstić information content (AvgIpc) is 3.35. The molecule has 4 aromatic rings. The fourth-order valence-electron chi connectivity index (χ4n) is 4.19. The quantitative estimate of drug-likeness (QED) is 0.432. The third-order valence-electron chi connectivity index (χ3n) is 6.09. The molecule has 2 aromatic carbocycles. The minimum atomic E-state index is -0.299. The highest BCUT2D eigenvalue weighted by Crippen LogP contribution is 2.26. The maximum atomic E-state index is 12.6. The molecule has 34 heavy (non-hydrogen) atoms. The molecule has 0 bridgehead atoms. The Kier molecular flexibility index (Phi) is 5.45. The van der Waals surface area contributed by atoms with E-state index in [4.69, 9.17) is 4.98 Å². The normalized spacial score (nSPS) is 12.9. The van der Waals surface area contributed by atoms with Crippen LogP contribution in [0.2, 0.25) is 0 Å². The number of fused-ring (bicyclic) bond motifs is 2. The molecule has 0 radical (unpaired) electrons. The Morgan fingerprint density at radius 1 is 0.971 bits per heavy atom. The van der Waals surface area contributed by atoms with E-state index in [2.05, 4.69) is 5.32 Å². The van der Waals surface area contributed by atoms with Crippen LogP contribution in [0.5, 0.6) is 0 Å². The van der Waals surface area contributed by atoms with Crippen LogP contribution >= 0.6 is 0 Å². The molecule has 3 amide bonds. The standard InChI is InChI=1S/C27H24N4O3/c1-17-11-13-30-16-23(28-24(30)14-17)19-10-9-18(2)22(15-19)29-25(32)8-5-12-31-26(33)20-6-3-4-7-21(20)27(31)34/h3-4,6-7,9-11,13-16H,5,8,12H2,1-2H3,(H,29,32). The molecular weight excluding hydrogens is 428 g/mol. The molecule has 1 aliphatic rings. The number of imidazole rings is 1. The molecule has 0 unspecified atom stereocenters. The smallest absolute Gasteiger partial charge is 0.261 e. The lowest BCUT2D eigenvalue weighted by atomic mass is 10.1. The lowest BCUT2D eigenvalue weighted by Crippen LogP contribution is -2.31. The van der Waals surface area contributed by atoms with Gasteiger partial charge in [0.05, 0.1) is 16.8 Å². The lowest BCUT2D eigenvalue weighted by Gasteiger charge is -2.14. The molecular formula is C27H24N4O3. The number of anilines is 1. The van der Waals surface area contributed by atoms with E-state index in [1.54, 1.807) is 24.3 Å². The van der Waals surface area contributed by atoms with E-state index in [1.807, 2.05) is 61.0 Å². The first-order chi connectivity index (χ1) is 16.4. The van der Waals surface area contributed by atoms with Crippen molar-refractivity contribution in [1.82, 2.24) is 14.3 Å². The van der Waals surface area contributed by atoms with Crippen molar-refractivity contribution < 1.29 is 14.4 Å². The van der Waals surface area contributed by atoms with Crippen molar-refractivity contribution in [2.75, 3.05) is 11.9 Å². The number of aromatic nitrogens is 2. The molecule has 0 saturated heterocycles. The number of carbonyl (C=O) groups is 3. The van der Waals surface area contributed by atoms with Gasteiger partial charge in [-0.05, 0) is 61.7 Å². The van der Waals surface area contributed by atoms with Crippen molar-refractivity contribution in [2.24, 2.45) is 0 Å². The largest absolute Gasteiger partial charge is 0.326 e. The maximum absolute atomic E-state index is 12.6. The van der Waals surface area contributed by atoms with E-state index in [-0.39, 0.29) is 30.7 Å². The van der Waals surface area contributed by atoms with Gasteiger partial charge in [0.2, 0.25) is 5.91 Å². The number of amides is 3. The zero-order valence-corrected chi connectivity index (χ0v) is 19.0. The van der Waals surface area contributed by atoms with E-state index in [0.717, 1.165) is 33.7 Å². The highest BCUT2D eigenvalue weighted by atomic mass is 16.2. The van der Waals surface area contributed by atoms with Crippen molar-refractivity contribution in [3.63, 3.8) is 0 Å². The molecule has 3 heterocycles. The van der Waals surface area contributed by atoms with Crippen LogP contribution in [0.15, 0.2) is 67.0 Å². The first-order valence-electron chi connectivity index (χ1n) is 11.2. The van der Waals surface area contributed by atoms with Crippen LogP contribution in [0.4, 0.5) is 5.69 Å².